The fraction of sp³-hybridized carbons (Fsp3) is 0.538. The van der Waals surface area contributed by atoms with Gasteiger partial charge in [-0.15, -0.1) is 0 Å². The van der Waals surface area contributed by atoms with Crippen molar-refractivity contribution in [3.63, 3.8) is 0 Å². The number of nitrogens with one attached hydrogen (secondary N) is 1. The minimum atomic E-state index is -2.89. The van der Waals surface area contributed by atoms with Crippen molar-refractivity contribution in [3.05, 3.63) is 35.9 Å². The van der Waals surface area contributed by atoms with Gasteiger partial charge in [0, 0.05) is 5.75 Å². The molecule has 1 unspecified atom stereocenters. The van der Waals surface area contributed by atoms with Crippen molar-refractivity contribution in [3.8, 4) is 0 Å². The van der Waals surface area contributed by atoms with Crippen LogP contribution in [0.15, 0.2) is 30.3 Å². The Balaban J connectivity index is 2.38. The molecule has 0 fully saturated rings. The Hall–Kier alpha value is -0.910. The van der Waals surface area contributed by atoms with Gasteiger partial charge in [0.15, 0.2) is 0 Å². The van der Waals surface area contributed by atoms with Gasteiger partial charge < -0.3 is 10.4 Å². The van der Waals surface area contributed by atoms with Crippen LogP contribution in [-0.2, 0) is 9.84 Å². The quantitative estimate of drug-likeness (QED) is 0.696. The van der Waals surface area contributed by atoms with Gasteiger partial charge in [0.2, 0.25) is 0 Å². The first-order valence-corrected chi connectivity index (χ1v) is 8.01. The lowest BCUT2D eigenvalue weighted by Gasteiger charge is -2.16. The van der Waals surface area contributed by atoms with Crippen molar-refractivity contribution in [2.75, 3.05) is 24.7 Å². The zero-order valence-corrected chi connectivity index (χ0v) is 11.5. The summed E-state index contributed by atoms with van der Waals surface area (Å²) in [5, 5.41) is 12.5. The van der Waals surface area contributed by atoms with E-state index in [2.05, 4.69) is 5.32 Å². The van der Waals surface area contributed by atoms with E-state index >= 15 is 0 Å². The van der Waals surface area contributed by atoms with E-state index < -0.39 is 9.84 Å². The number of rotatable bonds is 8. The normalized spacial score (nSPS) is 13.4. The Morgan fingerprint density at radius 1 is 1.28 bits per heavy atom. The van der Waals surface area contributed by atoms with Crippen LogP contribution in [0.4, 0.5) is 0 Å². The third kappa shape index (κ3) is 5.16. The number of hydrogen-bond acceptors (Lipinski definition) is 4. The van der Waals surface area contributed by atoms with Crippen LogP contribution in [0.2, 0.25) is 0 Å². The Bertz CT molecular complexity index is 431. The van der Waals surface area contributed by atoms with Gasteiger partial charge in [-0.3, -0.25) is 0 Å². The number of sulfone groups is 1. The highest BCUT2D eigenvalue weighted by atomic mass is 32.2. The zero-order chi connectivity index (χ0) is 13.4. The van der Waals surface area contributed by atoms with E-state index in [1.807, 2.05) is 30.3 Å². The Labute approximate surface area is 109 Å². The van der Waals surface area contributed by atoms with Crippen LogP contribution in [0, 0.1) is 0 Å². The van der Waals surface area contributed by atoms with Gasteiger partial charge in [0.05, 0.1) is 18.4 Å². The summed E-state index contributed by atoms with van der Waals surface area (Å²) in [6, 6.07) is 9.51. The highest BCUT2D eigenvalue weighted by molar-refractivity contribution is 7.91. The summed E-state index contributed by atoms with van der Waals surface area (Å²) in [4.78, 5) is 0. The molecule has 0 aliphatic carbocycles. The lowest BCUT2D eigenvalue weighted by Crippen LogP contribution is -2.26. The van der Waals surface area contributed by atoms with E-state index in [0.717, 1.165) is 5.56 Å². The SMILES string of the molecule is CCS(=O)(=O)CCCNC(CO)c1ccccc1. The molecule has 2 N–H and O–H groups in total. The zero-order valence-electron chi connectivity index (χ0n) is 10.7. The molecular weight excluding hydrogens is 250 g/mol. The maximum Gasteiger partial charge on any atom is 0.150 e. The molecule has 0 aromatic heterocycles. The lowest BCUT2D eigenvalue weighted by molar-refractivity contribution is 0.245. The van der Waals surface area contributed by atoms with Gasteiger partial charge >= 0.3 is 0 Å². The van der Waals surface area contributed by atoms with Crippen molar-refractivity contribution in [2.45, 2.75) is 19.4 Å². The molecule has 0 spiro atoms. The molecule has 0 heterocycles. The summed E-state index contributed by atoms with van der Waals surface area (Å²) in [5.74, 6) is 0.387. The minimum absolute atomic E-state index is 0.00451. The van der Waals surface area contributed by atoms with Crippen LogP contribution < -0.4 is 5.32 Å². The molecule has 0 aliphatic heterocycles. The molecule has 5 heteroatoms. The topological polar surface area (TPSA) is 66.4 Å². The van der Waals surface area contributed by atoms with E-state index in [4.69, 9.17) is 0 Å². The highest BCUT2D eigenvalue weighted by Gasteiger charge is 2.10. The van der Waals surface area contributed by atoms with Crippen molar-refractivity contribution in [1.82, 2.24) is 5.32 Å². The van der Waals surface area contributed by atoms with E-state index in [0.29, 0.717) is 13.0 Å². The molecule has 1 rings (SSSR count). The number of aliphatic hydroxyl groups is 1. The van der Waals surface area contributed by atoms with Gasteiger partial charge in [-0.05, 0) is 18.5 Å². The van der Waals surface area contributed by atoms with E-state index in [9.17, 15) is 13.5 Å². The lowest BCUT2D eigenvalue weighted by atomic mass is 10.1. The molecule has 1 aromatic rings. The monoisotopic (exact) mass is 271 g/mol. The third-order valence-corrected chi connectivity index (χ3v) is 4.64. The molecule has 18 heavy (non-hydrogen) atoms. The predicted molar refractivity (Wildman–Crippen MR) is 73.2 cm³/mol. The van der Waals surface area contributed by atoms with Crippen molar-refractivity contribution >= 4 is 9.84 Å². The first-order chi connectivity index (χ1) is 8.59. The molecular formula is C13H21NO3S. The maximum atomic E-state index is 11.3. The van der Waals surface area contributed by atoms with Gasteiger partial charge in [-0.2, -0.15) is 0 Å². The smallest absolute Gasteiger partial charge is 0.150 e. The summed E-state index contributed by atoms with van der Waals surface area (Å²) >= 11 is 0. The summed E-state index contributed by atoms with van der Waals surface area (Å²) in [6.07, 6.45) is 0.569. The molecule has 0 radical (unpaired) electrons. The number of benzene rings is 1. The molecule has 0 amide bonds. The fourth-order valence-corrected chi connectivity index (χ4v) is 2.56. The van der Waals surface area contributed by atoms with Gasteiger partial charge in [0.1, 0.15) is 9.84 Å². The average molecular weight is 271 g/mol. The van der Waals surface area contributed by atoms with E-state index in [-0.39, 0.29) is 24.2 Å². The van der Waals surface area contributed by atoms with E-state index in [1.165, 1.54) is 0 Å². The summed E-state index contributed by atoms with van der Waals surface area (Å²) in [6.45, 7) is 2.24. The average Bonchev–Trinajstić information content (AvgIpc) is 2.40. The van der Waals surface area contributed by atoms with Crippen LogP contribution in [-0.4, -0.2) is 38.2 Å². The number of hydrogen-bond donors (Lipinski definition) is 2. The first kappa shape index (κ1) is 15.1. The summed E-state index contributed by atoms with van der Waals surface area (Å²) in [5.41, 5.74) is 1.01. The van der Waals surface area contributed by atoms with Crippen LogP contribution in [0.25, 0.3) is 0 Å². The molecule has 0 saturated heterocycles. The van der Waals surface area contributed by atoms with Crippen molar-refractivity contribution < 1.29 is 13.5 Å². The molecule has 102 valence electrons. The molecule has 1 aromatic carbocycles. The molecule has 0 bridgehead atoms. The van der Waals surface area contributed by atoms with Gasteiger partial charge in [-0.25, -0.2) is 8.42 Å². The third-order valence-electron chi connectivity index (χ3n) is 2.85. The van der Waals surface area contributed by atoms with Crippen LogP contribution in [0.5, 0.6) is 0 Å². The molecule has 1 atom stereocenters. The van der Waals surface area contributed by atoms with E-state index in [1.54, 1.807) is 6.92 Å². The highest BCUT2D eigenvalue weighted by Crippen LogP contribution is 2.11. The molecule has 4 nitrogen and oxygen atoms in total. The Morgan fingerprint density at radius 2 is 1.94 bits per heavy atom. The largest absolute Gasteiger partial charge is 0.394 e. The fourth-order valence-electron chi connectivity index (χ4n) is 1.69. The second-order valence-corrected chi connectivity index (χ2v) is 6.66. The van der Waals surface area contributed by atoms with Gasteiger partial charge in [0.25, 0.3) is 0 Å². The van der Waals surface area contributed by atoms with Crippen LogP contribution in [0.1, 0.15) is 24.9 Å². The maximum absolute atomic E-state index is 11.3. The minimum Gasteiger partial charge on any atom is -0.394 e. The van der Waals surface area contributed by atoms with Crippen LogP contribution >= 0.6 is 0 Å². The molecule has 0 saturated carbocycles. The summed E-state index contributed by atoms with van der Waals surface area (Å²) < 4.78 is 22.6. The standard InChI is InChI=1S/C13H21NO3S/c1-2-18(16,17)10-6-9-14-13(11-15)12-7-4-3-5-8-12/h3-5,7-8,13-15H,2,6,9-11H2,1H3. The van der Waals surface area contributed by atoms with Gasteiger partial charge in [-0.1, -0.05) is 37.3 Å². The van der Waals surface area contributed by atoms with Crippen molar-refractivity contribution in [1.29, 1.82) is 0 Å². The predicted octanol–water partition coefficient (Wildman–Crippen LogP) is 1.13. The Morgan fingerprint density at radius 3 is 2.50 bits per heavy atom. The second kappa shape index (κ2) is 7.51. The van der Waals surface area contributed by atoms with Crippen molar-refractivity contribution in [2.24, 2.45) is 0 Å². The molecule has 0 aliphatic rings. The van der Waals surface area contributed by atoms with Crippen LogP contribution in [0.3, 0.4) is 0 Å². The first-order valence-electron chi connectivity index (χ1n) is 6.18. The second-order valence-electron chi connectivity index (χ2n) is 4.19. The number of aliphatic hydroxyl groups excluding tert-OH is 1. The summed E-state index contributed by atoms with van der Waals surface area (Å²) in [7, 11) is -2.89. The Kier molecular flexibility index (Phi) is 6.32.